The van der Waals surface area contributed by atoms with Crippen molar-refractivity contribution in [3.05, 3.63) is 0 Å². The van der Waals surface area contributed by atoms with Crippen LogP contribution in [0.2, 0.25) is 0 Å². The zero-order valence-corrected chi connectivity index (χ0v) is 14.0. The first-order chi connectivity index (χ1) is 10.2. The first kappa shape index (κ1) is 20.2. The highest BCUT2D eigenvalue weighted by Crippen LogP contribution is 2.06. The lowest BCUT2D eigenvalue weighted by Gasteiger charge is -2.05. The quantitative estimate of drug-likeness (QED) is 0.273. The van der Waals surface area contributed by atoms with Gasteiger partial charge in [-0.3, -0.25) is 9.59 Å². The summed E-state index contributed by atoms with van der Waals surface area (Å²) in [6, 6.07) is 0. The third-order valence-corrected chi connectivity index (χ3v) is 3.35. The molecular formula is C16H29ClO4. The predicted molar refractivity (Wildman–Crippen MR) is 84.5 cm³/mol. The summed E-state index contributed by atoms with van der Waals surface area (Å²) in [5.41, 5.74) is 0. The molecule has 4 nitrogen and oxygen atoms in total. The lowest BCUT2D eigenvalue weighted by molar-refractivity contribution is -0.150. The van der Waals surface area contributed by atoms with Crippen LogP contribution in [0.1, 0.15) is 71.1 Å². The molecule has 0 N–H and O–H groups in total. The molecule has 0 saturated carbocycles. The summed E-state index contributed by atoms with van der Waals surface area (Å²) in [5, 5.41) is 0. The first-order valence-electron chi connectivity index (χ1n) is 8.08. The average molecular weight is 321 g/mol. The van der Waals surface area contributed by atoms with Gasteiger partial charge in [0.25, 0.3) is 0 Å². The molecule has 0 aromatic rings. The van der Waals surface area contributed by atoms with E-state index in [0.29, 0.717) is 13.2 Å². The third kappa shape index (κ3) is 15.4. The molecule has 0 spiro atoms. The lowest BCUT2D eigenvalue weighted by Crippen LogP contribution is -2.11. The van der Waals surface area contributed by atoms with Gasteiger partial charge in [0.2, 0.25) is 0 Å². The Hall–Kier alpha value is -0.770. The molecule has 0 aromatic carbocycles. The molecule has 0 aliphatic carbocycles. The molecule has 0 rings (SSSR count). The van der Waals surface area contributed by atoms with Gasteiger partial charge in [-0.25, -0.2) is 0 Å². The predicted octanol–water partition coefficient (Wildman–Crippen LogP) is 4.23. The Balaban J connectivity index is 3.32. The Morgan fingerprint density at radius 2 is 1.24 bits per heavy atom. The maximum atomic E-state index is 11.4. The van der Waals surface area contributed by atoms with E-state index in [-0.39, 0.29) is 24.8 Å². The molecule has 0 atom stereocenters. The molecule has 0 unspecified atom stereocenters. The monoisotopic (exact) mass is 320 g/mol. The van der Waals surface area contributed by atoms with Gasteiger partial charge >= 0.3 is 11.9 Å². The SMILES string of the molecule is CCCCOC(=O)CCC(=O)OCCCCCCCCCl. The van der Waals surface area contributed by atoms with Crippen molar-refractivity contribution in [1.82, 2.24) is 0 Å². The summed E-state index contributed by atoms with van der Waals surface area (Å²) >= 11 is 5.60. The highest BCUT2D eigenvalue weighted by atomic mass is 35.5. The van der Waals surface area contributed by atoms with E-state index in [4.69, 9.17) is 21.1 Å². The number of carbonyl (C=O) groups is 2. The van der Waals surface area contributed by atoms with E-state index < -0.39 is 0 Å². The van der Waals surface area contributed by atoms with E-state index in [0.717, 1.165) is 44.4 Å². The number of esters is 2. The Morgan fingerprint density at radius 3 is 1.76 bits per heavy atom. The van der Waals surface area contributed by atoms with E-state index >= 15 is 0 Å². The maximum absolute atomic E-state index is 11.4. The van der Waals surface area contributed by atoms with Gasteiger partial charge in [-0.1, -0.05) is 39.0 Å². The molecule has 21 heavy (non-hydrogen) atoms. The minimum Gasteiger partial charge on any atom is -0.466 e. The van der Waals surface area contributed by atoms with Crippen LogP contribution >= 0.6 is 11.6 Å². The minimum atomic E-state index is -0.320. The number of halogens is 1. The highest BCUT2D eigenvalue weighted by Gasteiger charge is 2.08. The molecule has 0 saturated heterocycles. The van der Waals surface area contributed by atoms with Gasteiger partial charge in [0.15, 0.2) is 0 Å². The van der Waals surface area contributed by atoms with Crippen LogP contribution in [0.25, 0.3) is 0 Å². The average Bonchev–Trinajstić information content (AvgIpc) is 2.48. The van der Waals surface area contributed by atoms with E-state index in [1.54, 1.807) is 0 Å². The lowest BCUT2D eigenvalue weighted by atomic mass is 10.1. The van der Waals surface area contributed by atoms with Gasteiger partial charge in [-0.15, -0.1) is 11.6 Å². The fourth-order valence-electron chi connectivity index (χ4n) is 1.77. The Morgan fingerprint density at radius 1 is 0.762 bits per heavy atom. The number of ether oxygens (including phenoxy) is 2. The smallest absolute Gasteiger partial charge is 0.306 e. The van der Waals surface area contributed by atoms with Crippen molar-refractivity contribution in [3.63, 3.8) is 0 Å². The van der Waals surface area contributed by atoms with Gasteiger partial charge in [0.05, 0.1) is 26.1 Å². The third-order valence-electron chi connectivity index (χ3n) is 3.09. The fraction of sp³-hybridized carbons (Fsp3) is 0.875. The molecule has 0 radical (unpaired) electrons. The van der Waals surface area contributed by atoms with Crippen LogP contribution in [0.3, 0.4) is 0 Å². The largest absolute Gasteiger partial charge is 0.466 e. The van der Waals surface area contributed by atoms with Gasteiger partial charge < -0.3 is 9.47 Å². The van der Waals surface area contributed by atoms with Crippen LogP contribution in [0.4, 0.5) is 0 Å². The van der Waals surface area contributed by atoms with E-state index in [2.05, 4.69) is 0 Å². The zero-order chi connectivity index (χ0) is 15.8. The number of alkyl halides is 1. The van der Waals surface area contributed by atoms with Gasteiger partial charge in [0, 0.05) is 5.88 Å². The highest BCUT2D eigenvalue weighted by molar-refractivity contribution is 6.17. The Bertz CT molecular complexity index is 269. The molecule has 0 aliphatic rings. The maximum Gasteiger partial charge on any atom is 0.306 e. The van der Waals surface area contributed by atoms with Gasteiger partial charge in [0.1, 0.15) is 0 Å². The van der Waals surface area contributed by atoms with E-state index in [9.17, 15) is 9.59 Å². The first-order valence-corrected chi connectivity index (χ1v) is 8.61. The van der Waals surface area contributed by atoms with Crippen molar-refractivity contribution in [3.8, 4) is 0 Å². The minimum absolute atomic E-state index is 0.112. The van der Waals surface area contributed by atoms with E-state index in [1.165, 1.54) is 12.8 Å². The molecule has 5 heteroatoms. The van der Waals surface area contributed by atoms with Gasteiger partial charge in [-0.2, -0.15) is 0 Å². The van der Waals surface area contributed by atoms with Crippen LogP contribution < -0.4 is 0 Å². The van der Waals surface area contributed by atoms with Crippen molar-refractivity contribution >= 4 is 23.5 Å². The number of carbonyl (C=O) groups excluding carboxylic acids is 2. The molecule has 0 fully saturated rings. The second-order valence-corrected chi connectivity index (χ2v) is 5.48. The molecule has 124 valence electrons. The Labute approximate surface area is 133 Å². The molecule has 0 aromatic heterocycles. The molecule has 0 heterocycles. The summed E-state index contributed by atoms with van der Waals surface area (Å²) in [6.45, 7) is 2.91. The Kier molecular flexibility index (Phi) is 15.0. The molecular weight excluding hydrogens is 292 g/mol. The normalized spacial score (nSPS) is 10.4. The summed E-state index contributed by atoms with van der Waals surface area (Å²) in [6.07, 6.45) is 8.60. The van der Waals surface area contributed by atoms with Crippen LogP contribution in [0.15, 0.2) is 0 Å². The summed E-state index contributed by atoms with van der Waals surface area (Å²) in [7, 11) is 0. The van der Waals surface area contributed by atoms with Crippen molar-refractivity contribution in [2.24, 2.45) is 0 Å². The van der Waals surface area contributed by atoms with Crippen LogP contribution in [-0.2, 0) is 19.1 Å². The second kappa shape index (κ2) is 15.6. The van der Waals surface area contributed by atoms with Crippen LogP contribution in [-0.4, -0.2) is 31.0 Å². The topological polar surface area (TPSA) is 52.6 Å². The molecule has 0 bridgehead atoms. The van der Waals surface area contributed by atoms with Gasteiger partial charge in [-0.05, 0) is 19.3 Å². The van der Waals surface area contributed by atoms with Crippen molar-refractivity contribution < 1.29 is 19.1 Å². The fourth-order valence-corrected chi connectivity index (χ4v) is 1.96. The summed E-state index contributed by atoms with van der Waals surface area (Å²) < 4.78 is 10.0. The summed E-state index contributed by atoms with van der Waals surface area (Å²) in [4.78, 5) is 22.7. The number of hydrogen-bond acceptors (Lipinski definition) is 4. The van der Waals surface area contributed by atoms with Crippen molar-refractivity contribution in [2.45, 2.75) is 71.1 Å². The number of rotatable bonds is 14. The van der Waals surface area contributed by atoms with Crippen LogP contribution in [0.5, 0.6) is 0 Å². The second-order valence-electron chi connectivity index (χ2n) is 5.10. The van der Waals surface area contributed by atoms with Crippen LogP contribution in [0, 0.1) is 0 Å². The zero-order valence-electron chi connectivity index (χ0n) is 13.2. The number of unbranched alkanes of at least 4 members (excludes halogenated alkanes) is 6. The molecule has 0 aliphatic heterocycles. The van der Waals surface area contributed by atoms with E-state index in [1.807, 2.05) is 6.92 Å². The van der Waals surface area contributed by atoms with Crippen molar-refractivity contribution in [2.75, 3.05) is 19.1 Å². The number of hydrogen-bond donors (Lipinski definition) is 0. The van der Waals surface area contributed by atoms with Crippen molar-refractivity contribution in [1.29, 1.82) is 0 Å². The standard InChI is InChI=1S/C16H29ClO4/c1-2-3-13-20-15(18)10-11-16(19)21-14-9-7-5-4-6-8-12-17/h2-14H2,1H3. The molecule has 0 amide bonds. The summed E-state index contributed by atoms with van der Waals surface area (Å²) in [5.74, 6) is 0.0997.